The fraction of sp³-hybridized carbons (Fsp3) is 0.471. The van der Waals surface area contributed by atoms with Crippen LogP contribution >= 0.6 is 0 Å². The van der Waals surface area contributed by atoms with E-state index in [9.17, 15) is 14.4 Å². The van der Waals surface area contributed by atoms with E-state index in [-0.39, 0.29) is 17.7 Å². The summed E-state index contributed by atoms with van der Waals surface area (Å²) in [7, 11) is 0. The summed E-state index contributed by atoms with van der Waals surface area (Å²) in [4.78, 5) is 34.7. The molecule has 5 nitrogen and oxygen atoms in total. The molecule has 1 aromatic rings. The molecule has 2 amide bonds. The van der Waals surface area contributed by atoms with Crippen molar-refractivity contribution in [3.8, 4) is 0 Å². The highest BCUT2D eigenvalue weighted by molar-refractivity contribution is 5.88. The van der Waals surface area contributed by atoms with E-state index in [1.807, 2.05) is 44.2 Å². The SMILES string of the molecule is CC(=O)N[C@@H](CC(C)C)C(=O)N[C@H](C=O)Cc1ccccc1. The van der Waals surface area contributed by atoms with Crippen LogP contribution < -0.4 is 10.6 Å². The molecule has 0 heterocycles. The molecule has 0 saturated carbocycles. The first-order chi connectivity index (χ1) is 10.4. The van der Waals surface area contributed by atoms with E-state index in [1.54, 1.807) is 0 Å². The fourth-order valence-corrected chi connectivity index (χ4v) is 2.23. The Morgan fingerprint density at radius 3 is 2.27 bits per heavy atom. The Hall–Kier alpha value is -2.17. The molecule has 0 aromatic heterocycles. The number of nitrogens with one attached hydrogen (secondary N) is 2. The lowest BCUT2D eigenvalue weighted by atomic mass is 10.0. The number of aldehydes is 1. The molecule has 0 radical (unpaired) electrons. The lowest BCUT2D eigenvalue weighted by Crippen LogP contribution is -2.50. The second kappa shape index (κ2) is 8.97. The van der Waals surface area contributed by atoms with Gasteiger partial charge in [0.15, 0.2) is 0 Å². The van der Waals surface area contributed by atoms with Crippen LogP contribution in [-0.2, 0) is 20.8 Å². The van der Waals surface area contributed by atoms with Gasteiger partial charge in [-0.25, -0.2) is 0 Å². The Labute approximate surface area is 131 Å². The Kier molecular flexibility index (Phi) is 7.29. The minimum atomic E-state index is -0.615. The summed E-state index contributed by atoms with van der Waals surface area (Å²) in [5, 5.41) is 5.34. The summed E-state index contributed by atoms with van der Waals surface area (Å²) in [6.45, 7) is 5.33. The zero-order valence-electron chi connectivity index (χ0n) is 13.3. The predicted octanol–water partition coefficient (Wildman–Crippen LogP) is 1.46. The third-order valence-corrected chi connectivity index (χ3v) is 3.19. The van der Waals surface area contributed by atoms with Gasteiger partial charge in [-0.1, -0.05) is 44.2 Å². The molecular weight excluding hydrogens is 280 g/mol. The van der Waals surface area contributed by atoms with Gasteiger partial charge in [-0.2, -0.15) is 0 Å². The Bertz CT molecular complexity index is 500. The molecule has 0 spiro atoms. The first-order valence-electron chi connectivity index (χ1n) is 7.49. The summed E-state index contributed by atoms with van der Waals surface area (Å²) in [5.41, 5.74) is 0.972. The summed E-state index contributed by atoms with van der Waals surface area (Å²) >= 11 is 0. The molecule has 0 aliphatic rings. The zero-order chi connectivity index (χ0) is 16.5. The molecule has 22 heavy (non-hydrogen) atoms. The highest BCUT2D eigenvalue weighted by atomic mass is 16.2. The van der Waals surface area contributed by atoms with Gasteiger partial charge in [-0.15, -0.1) is 0 Å². The first kappa shape index (κ1) is 17.9. The number of rotatable bonds is 8. The number of benzene rings is 1. The molecule has 1 aromatic carbocycles. The van der Waals surface area contributed by atoms with Gasteiger partial charge in [0.25, 0.3) is 0 Å². The normalized spacial score (nSPS) is 13.3. The quantitative estimate of drug-likeness (QED) is 0.714. The molecule has 0 saturated heterocycles. The molecule has 0 aliphatic heterocycles. The van der Waals surface area contributed by atoms with E-state index in [4.69, 9.17) is 0 Å². The summed E-state index contributed by atoms with van der Waals surface area (Å²) in [6.07, 6.45) is 1.69. The van der Waals surface area contributed by atoms with Crippen molar-refractivity contribution in [3.05, 3.63) is 35.9 Å². The highest BCUT2D eigenvalue weighted by Gasteiger charge is 2.23. The van der Waals surface area contributed by atoms with Gasteiger partial charge in [0, 0.05) is 6.92 Å². The van der Waals surface area contributed by atoms with E-state index < -0.39 is 12.1 Å². The third-order valence-electron chi connectivity index (χ3n) is 3.19. The van der Waals surface area contributed by atoms with Crippen LogP contribution in [0.15, 0.2) is 30.3 Å². The number of carbonyl (C=O) groups excluding carboxylic acids is 3. The number of amides is 2. The van der Waals surface area contributed by atoms with Crippen LogP contribution in [0.4, 0.5) is 0 Å². The Morgan fingerprint density at radius 1 is 1.14 bits per heavy atom. The number of carbonyl (C=O) groups is 3. The van der Waals surface area contributed by atoms with Crippen LogP contribution in [0.1, 0.15) is 32.8 Å². The van der Waals surface area contributed by atoms with Gasteiger partial charge < -0.3 is 15.4 Å². The smallest absolute Gasteiger partial charge is 0.243 e. The largest absolute Gasteiger partial charge is 0.345 e. The van der Waals surface area contributed by atoms with Crippen LogP contribution in [0.2, 0.25) is 0 Å². The van der Waals surface area contributed by atoms with Crippen LogP contribution in [0.5, 0.6) is 0 Å². The fourth-order valence-electron chi connectivity index (χ4n) is 2.23. The minimum Gasteiger partial charge on any atom is -0.345 e. The summed E-state index contributed by atoms with van der Waals surface area (Å²) in [6, 6.07) is 8.27. The van der Waals surface area contributed by atoms with Crippen LogP contribution in [0, 0.1) is 5.92 Å². The van der Waals surface area contributed by atoms with Crippen molar-refractivity contribution >= 4 is 18.1 Å². The van der Waals surface area contributed by atoms with Crippen LogP contribution in [-0.4, -0.2) is 30.2 Å². The predicted molar refractivity (Wildman–Crippen MR) is 85.2 cm³/mol. The van der Waals surface area contributed by atoms with Gasteiger partial charge in [0.2, 0.25) is 11.8 Å². The number of hydrogen-bond acceptors (Lipinski definition) is 3. The second-order valence-corrected chi connectivity index (χ2v) is 5.82. The maximum absolute atomic E-state index is 12.3. The minimum absolute atomic E-state index is 0.256. The van der Waals surface area contributed by atoms with Crippen molar-refractivity contribution in [1.82, 2.24) is 10.6 Å². The molecule has 120 valence electrons. The Morgan fingerprint density at radius 2 is 1.77 bits per heavy atom. The van der Waals surface area contributed by atoms with Crippen molar-refractivity contribution in [2.24, 2.45) is 5.92 Å². The van der Waals surface area contributed by atoms with Crippen molar-refractivity contribution < 1.29 is 14.4 Å². The molecule has 0 bridgehead atoms. The number of hydrogen-bond donors (Lipinski definition) is 2. The molecule has 2 N–H and O–H groups in total. The average molecular weight is 304 g/mol. The summed E-state index contributed by atoms with van der Waals surface area (Å²) < 4.78 is 0. The van der Waals surface area contributed by atoms with Crippen molar-refractivity contribution in [2.45, 2.75) is 45.7 Å². The van der Waals surface area contributed by atoms with E-state index in [0.29, 0.717) is 12.8 Å². The molecule has 1 rings (SSSR count). The van der Waals surface area contributed by atoms with Gasteiger partial charge in [0.05, 0.1) is 6.04 Å². The topological polar surface area (TPSA) is 75.3 Å². The monoisotopic (exact) mass is 304 g/mol. The zero-order valence-corrected chi connectivity index (χ0v) is 13.3. The van der Waals surface area contributed by atoms with E-state index in [1.165, 1.54) is 6.92 Å². The van der Waals surface area contributed by atoms with Crippen molar-refractivity contribution in [1.29, 1.82) is 0 Å². The second-order valence-electron chi connectivity index (χ2n) is 5.82. The molecule has 0 fully saturated rings. The highest BCUT2D eigenvalue weighted by Crippen LogP contribution is 2.07. The first-order valence-corrected chi connectivity index (χ1v) is 7.49. The maximum atomic E-state index is 12.3. The van der Waals surface area contributed by atoms with E-state index >= 15 is 0 Å². The average Bonchev–Trinajstić information content (AvgIpc) is 2.45. The van der Waals surface area contributed by atoms with Gasteiger partial charge in [0.1, 0.15) is 12.3 Å². The molecular formula is C17H24N2O3. The lowest BCUT2D eigenvalue weighted by molar-refractivity contribution is -0.129. The van der Waals surface area contributed by atoms with Crippen molar-refractivity contribution in [2.75, 3.05) is 0 Å². The lowest BCUT2D eigenvalue weighted by Gasteiger charge is -2.21. The standard InChI is InChI=1S/C17H24N2O3/c1-12(2)9-16(18-13(3)21)17(22)19-15(11-20)10-14-7-5-4-6-8-14/h4-8,11-12,15-16H,9-10H2,1-3H3,(H,18,21)(H,19,22)/t15-,16-/m0/s1. The molecule has 2 atom stereocenters. The summed E-state index contributed by atoms with van der Waals surface area (Å²) in [5.74, 6) is -0.324. The van der Waals surface area contributed by atoms with Gasteiger partial charge in [-0.05, 0) is 24.3 Å². The van der Waals surface area contributed by atoms with E-state index in [2.05, 4.69) is 10.6 Å². The van der Waals surface area contributed by atoms with Crippen LogP contribution in [0.3, 0.4) is 0 Å². The maximum Gasteiger partial charge on any atom is 0.243 e. The third kappa shape index (κ3) is 6.52. The van der Waals surface area contributed by atoms with Crippen molar-refractivity contribution in [3.63, 3.8) is 0 Å². The van der Waals surface area contributed by atoms with E-state index in [0.717, 1.165) is 11.8 Å². The van der Waals surface area contributed by atoms with Gasteiger partial charge >= 0.3 is 0 Å². The Balaban J connectivity index is 2.68. The molecule has 0 unspecified atom stereocenters. The molecule has 0 aliphatic carbocycles. The van der Waals surface area contributed by atoms with Gasteiger partial charge in [-0.3, -0.25) is 9.59 Å². The van der Waals surface area contributed by atoms with Crippen LogP contribution in [0.25, 0.3) is 0 Å². The molecule has 5 heteroatoms.